The molecule has 0 N–H and O–H groups in total. The predicted octanol–water partition coefficient (Wildman–Crippen LogP) is 5.80. The average Bonchev–Trinajstić information content (AvgIpc) is 3.37. The Bertz CT molecular complexity index is 1470. The minimum Gasteiger partial charge on any atom is -0.472 e. The van der Waals surface area contributed by atoms with Crippen molar-refractivity contribution in [3.05, 3.63) is 72.7 Å². The van der Waals surface area contributed by atoms with Crippen LogP contribution in [0, 0.1) is 0 Å². The van der Waals surface area contributed by atoms with Gasteiger partial charge >= 0.3 is 0 Å². The van der Waals surface area contributed by atoms with Gasteiger partial charge in [0, 0.05) is 35.9 Å². The Morgan fingerprint density at radius 2 is 1.97 bits per heavy atom. The number of aromatic nitrogens is 5. The van der Waals surface area contributed by atoms with Crippen LogP contribution in [0.5, 0.6) is 5.88 Å². The number of fused-ring (bicyclic) bond motifs is 3. The summed E-state index contributed by atoms with van der Waals surface area (Å²) in [5.41, 5.74) is 5.23. The second-order valence-corrected chi connectivity index (χ2v) is 8.62. The molecule has 1 atom stereocenters. The summed E-state index contributed by atoms with van der Waals surface area (Å²) in [5, 5.41) is 9.31. The smallest absolute Gasteiger partial charge is 0.257 e. The molecule has 3 heterocycles. The molecule has 8 heteroatoms. The number of rotatable bonds is 8. The molecule has 7 nitrogen and oxygen atoms in total. The summed E-state index contributed by atoms with van der Waals surface area (Å²) in [4.78, 5) is 11.2. The van der Waals surface area contributed by atoms with Crippen molar-refractivity contribution in [1.29, 1.82) is 0 Å². The number of alkyl halides is 1. The zero-order valence-electron chi connectivity index (χ0n) is 20.0. The Labute approximate surface area is 203 Å². The van der Waals surface area contributed by atoms with Gasteiger partial charge in [-0.05, 0) is 54.8 Å². The molecule has 35 heavy (non-hydrogen) atoms. The van der Waals surface area contributed by atoms with E-state index in [2.05, 4.69) is 51.3 Å². The number of anilines is 2. The largest absolute Gasteiger partial charge is 0.472 e. The van der Waals surface area contributed by atoms with Gasteiger partial charge in [0.15, 0.2) is 0 Å². The zero-order chi connectivity index (χ0) is 24.4. The zero-order valence-corrected chi connectivity index (χ0v) is 20.0. The number of aryl methyl sites for hydroxylation is 1. The minimum atomic E-state index is -0.555. The molecule has 1 unspecified atom stereocenters. The highest BCUT2D eigenvalue weighted by Gasteiger charge is 2.16. The van der Waals surface area contributed by atoms with Gasteiger partial charge in [-0.2, -0.15) is 4.98 Å². The number of benzene rings is 2. The molecule has 0 fully saturated rings. The molecule has 5 aromatic rings. The van der Waals surface area contributed by atoms with E-state index in [0.29, 0.717) is 11.7 Å². The Hall–Kier alpha value is -4.07. The van der Waals surface area contributed by atoms with Crippen LogP contribution in [-0.4, -0.2) is 44.4 Å². The lowest BCUT2D eigenvalue weighted by molar-refractivity contribution is 0.175. The second kappa shape index (κ2) is 9.66. The Balaban J connectivity index is 1.51. The lowest BCUT2D eigenvalue weighted by Gasteiger charge is -2.21. The van der Waals surface area contributed by atoms with Crippen LogP contribution in [0.2, 0.25) is 0 Å². The molecule has 178 valence electrons. The van der Waals surface area contributed by atoms with Crippen LogP contribution >= 0.6 is 0 Å². The first-order chi connectivity index (χ1) is 17.1. The van der Waals surface area contributed by atoms with Crippen molar-refractivity contribution in [2.45, 2.75) is 32.8 Å². The molecule has 2 aromatic carbocycles. The quantitative estimate of drug-likeness (QED) is 0.286. The maximum atomic E-state index is 12.7. The minimum absolute atomic E-state index is 0.409. The number of hydrogen-bond acceptors (Lipinski definition) is 6. The van der Waals surface area contributed by atoms with Crippen LogP contribution in [0.3, 0.4) is 0 Å². The molecule has 0 radical (unpaired) electrons. The molecule has 0 aliphatic rings. The van der Waals surface area contributed by atoms with Crippen molar-refractivity contribution in [2.75, 3.05) is 18.6 Å². The van der Waals surface area contributed by atoms with Gasteiger partial charge in [-0.1, -0.05) is 31.5 Å². The molecule has 0 aliphatic carbocycles. The van der Waals surface area contributed by atoms with Gasteiger partial charge in [-0.25, -0.2) is 9.37 Å². The van der Waals surface area contributed by atoms with Gasteiger partial charge in [-0.3, -0.25) is 4.40 Å². The van der Waals surface area contributed by atoms with Crippen molar-refractivity contribution in [3.63, 3.8) is 0 Å². The normalized spacial score (nSPS) is 12.2. The van der Waals surface area contributed by atoms with E-state index in [1.54, 1.807) is 25.5 Å². The molecular formula is C27H27FN6O. The first-order valence-electron chi connectivity index (χ1n) is 11.7. The fourth-order valence-corrected chi connectivity index (χ4v) is 4.17. The maximum absolute atomic E-state index is 12.7. The van der Waals surface area contributed by atoms with Crippen LogP contribution in [0.25, 0.3) is 27.8 Å². The molecule has 0 saturated heterocycles. The van der Waals surface area contributed by atoms with E-state index in [9.17, 15) is 4.39 Å². The van der Waals surface area contributed by atoms with Gasteiger partial charge in [0.05, 0.1) is 5.52 Å². The number of halogens is 1. The van der Waals surface area contributed by atoms with Crippen LogP contribution in [0.4, 0.5) is 15.9 Å². The average molecular weight is 471 g/mol. The topological polar surface area (TPSA) is 68.4 Å². The fourth-order valence-electron chi connectivity index (χ4n) is 4.17. The standard InChI is InChI=1S/C27H27FN6O/c1-4-6-19-9-11-23-24(13-19)34-17-30-32-27(34)31-26(23)33(3)22-8-5-7-20(14-22)21-10-12-25(29-16-21)35-18(2)15-28/h5,7-14,16-18H,4,6,15H2,1-3H3. The van der Waals surface area contributed by atoms with Gasteiger partial charge in [0.1, 0.15) is 24.9 Å². The van der Waals surface area contributed by atoms with Crippen molar-refractivity contribution in [1.82, 2.24) is 24.6 Å². The van der Waals surface area contributed by atoms with Crippen molar-refractivity contribution in [2.24, 2.45) is 0 Å². The molecule has 0 aliphatic heterocycles. The van der Waals surface area contributed by atoms with E-state index in [1.807, 2.05) is 35.7 Å². The highest BCUT2D eigenvalue weighted by molar-refractivity contribution is 5.94. The third-order valence-electron chi connectivity index (χ3n) is 6.00. The van der Waals surface area contributed by atoms with Gasteiger partial charge in [0.25, 0.3) is 5.78 Å². The summed E-state index contributed by atoms with van der Waals surface area (Å²) in [6, 6.07) is 18.4. The van der Waals surface area contributed by atoms with Crippen LogP contribution < -0.4 is 9.64 Å². The molecule has 0 amide bonds. The lowest BCUT2D eigenvalue weighted by atomic mass is 10.1. The van der Waals surface area contributed by atoms with E-state index in [1.165, 1.54) is 5.56 Å². The number of pyridine rings is 1. The Morgan fingerprint density at radius 1 is 1.09 bits per heavy atom. The van der Waals surface area contributed by atoms with Crippen molar-refractivity contribution < 1.29 is 9.13 Å². The highest BCUT2D eigenvalue weighted by atomic mass is 19.1. The van der Waals surface area contributed by atoms with Crippen molar-refractivity contribution >= 4 is 28.2 Å². The van der Waals surface area contributed by atoms with Gasteiger partial charge < -0.3 is 9.64 Å². The summed E-state index contributed by atoms with van der Waals surface area (Å²) in [6.45, 7) is 3.30. The first-order valence-corrected chi connectivity index (χ1v) is 11.7. The van der Waals surface area contributed by atoms with Gasteiger partial charge in [0.2, 0.25) is 5.88 Å². The number of hydrogen-bond donors (Lipinski definition) is 0. The molecule has 0 bridgehead atoms. The third kappa shape index (κ3) is 4.51. The van der Waals surface area contributed by atoms with Crippen LogP contribution in [-0.2, 0) is 6.42 Å². The lowest BCUT2D eigenvalue weighted by Crippen LogP contribution is -2.14. The maximum Gasteiger partial charge on any atom is 0.257 e. The monoisotopic (exact) mass is 470 g/mol. The molecule has 0 saturated carbocycles. The predicted molar refractivity (Wildman–Crippen MR) is 136 cm³/mol. The summed E-state index contributed by atoms with van der Waals surface area (Å²) in [7, 11) is 2.00. The molecule has 0 spiro atoms. The van der Waals surface area contributed by atoms with Gasteiger partial charge in [-0.15, -0.1) is 10.2 Å². The summed E-state index contributed by atoms with van der Waals surface area (Å²) < 4.78 is 20.1. The Morgan fingerprint density at radius 3 is 2.74 bits per heavy atom. The fraction of sp³-hybridized carbons (Fsp3) is 0.259. The van der Waals surface area contributed by atoms with E-state index in [0.717, 1.165) is 46.4 Å². The van der Waals surface area contributed by atoms with E-state index < -0.39 is 12.8 Å². The SMILES string of the molecule is CCCc1ccc2c(N(C)c3cccc(-c4ccc(OC(C)CF)nc4)c3)nc3nncn3c2c1. The number of nitrogens with zero attached hydrogens (tertiary/aromatic N) is 6. The number of ether oxygens (including phenoxy) is 1. The highest BCUT2D eigenvalue weighted by Crippen LogP contribution is 2.33. The molecule has 3 aromatic heterocycles. The Kier molecular flexibility index (Phi) is 6.27. The van der Waals surface area contributed by atoms with E-state index in [4.69, 9.17) is 9.72 Å². The summed E-state index contributed by atoms with van der Waals surface area (Å²) in [5.74, 6) is 1.78. The summed E-state index contributed by atoms with van der Waals surface area (Å²) in [6.07, 6.45) is 5.02. The first kappa shape index (κ1) is 22.7. The van der Waals surface area contributed by atoms with E-state index >= 15 is 0 Å². The third-order valence-corrected chi connectivity index (χ3v) is 6.00. The summed E-state index contributed by atoms with van der Waals surface area (Å²) >= 11 is 0. The molecule has 5 rings (SSSR count). The van der Waals surface area contributed by atoms with E-state index in [-0.39, 0.29) is 0 Å². The van der Waals surface area contributed by atoms with Crippen molar-refractivity contribution in [3.8, 4) is 17.0 Å². The van der Waals surface area contributed by atoms with Crippen LogP contribution in [0.15, 0.2) is 67.1 Å². The molecular weight excluding hydrogens is 443 g/mol. The second-order valence-electron chi connectivity index (χ2n) is 8.62. The van der Waals surface area contributed by atoms with Crippen LogP contribution in [0.1, 0.15) is 25.8 Å².